The van der Waals surface area contributed by atoms with Gasteiger partial charge in [0, 0.05) is 11.5 Å². The summed E-state index contributed by atoms with van der Waals surface area (Å²) in [6, 6.07) is 23.2. The summed E-state index contributed by atoms with van der Waals surface area (Å²) < 4.78 is 8.81. The maximum absolute atomic E-state index is 6.56. The smallest absolute Gasteiger partial charge is 0.153 e. The van der Waals surface area contributed by atoms with E-state index in [4.69, 9.17) is 9.72 Å². The van der Waals surface area contributed by atoms with Crippen LogP contribution in [-0.4, -0.2) is 9.55 Å². The van der Waals surface area contributed by atoms with Crippen molar-refractivity contribution in [3.63, 3.8) is 0 Å². The molecular weight excluding hydrogens is 464 g/mol. The van der Waals surface area contributed by atoms with E-state index >= 15 is 0 Å². The monoisotopic (exact) mass is 486 g/mol. The van der Waals surface area contributed by atoms with Crippen LogP contribution in [-0.2, 0) is 0 Å². The van der Waals surface area contributed by atoms with Crippen molar-refractivity contribution in [2.45, 2.75) is 6.42 Å². The quantitative estimate of drug-likeness (QED) is 0.250. The number of aromatic nitrogens is 2. The maximum Gasteiger partial charge on any atom is 0.153 e. The molecule has 0 radical (unpaired) electrons. The normalized spacial score (nSPS) is 19.7. The van der Waals surface area contributed by atoms with Gasteiger partial charge in [-0.2, -0.15) is 0 Å². The Morgan fingerprint density at radius 2 is 1.79 bits per heavy atom. The molecule has 5 aliphatic rings. The highest BCUT2D eigenvalue weighted by molar-refractivity contribution is 5.93. The third-order valence-electron chi connectivity index (χ3n) is 8.28. The third-order valence-corrected chi connectivity index (χ3v) is 8.28. The molecule has 38 heavy (non-hydrogen) atoms. The van der Waals surface area contributed by atoms with Crippen LogP contribution in [0.2, 0.25) is 0 Å². The molecule has 0 saturated heterocycles. The molecule has 3 heteroatoms. The highest BCUT2D eigenvalue weighted by Crippen LogP contribution is 2.52. The Morgan fingerprint density at radius 3 is 2.74 bits per heavy atom. The van der Waals surface area contributed by atoms with Crippen LogP contribution in [0.25, 0.3) is 33.7 Å². The van der Waals surface area contributed by atoms with Crippen LogP contribution in [0.15, 0.2) is 143 Å². The van der Waals surface area contributed by atoms with Crippen molar-refractivity contribution in [2.24, 2.45) is 5.92 Å². The van der Waals surface area contributed by atoms with Crippen LogP contribution >= 0.6 is 0 Å². The Kier molecular flexibility index (Phi) is 3.90. The molecule has 1 aliphatic heterocycles. The number of benzene rings is 3. The Labute approximate surface area is 220 Å². The Bertz CT molecular complexity index is 1950. The second-order valence-corrected chi connectivity index (χ2v) is 10.4. The number of nitrogens with zero attached hydrogens (tertiary/aromatic N) is 2. The molecule has 2 heterocycles. The first-order valence-electron chi connectivity index (χ1n) is 13.2. The van der Waals surface area contributed by atoms with Crippen molar-refractivity contribution in [1.82, 2.24) is 9.55 Å². The van der Waals surface area contributed by atoms with E-state index in [0.29, 0.717) is 5.92 Å². The lowest BCUT2D eigenvalue weighted by Gasteiger charge is -2.37. The molecule has 0 fully saturated rings. The highest BCUT2D eigenvalue weighted by atomic mass is 16.5. The van der Waals surface area contributed by atoms with Crippen molar-refractivity contribution in [2.75, 3.05) is 0 Å². The van der Waals surface area contributed by atoms with Gasteiger partial charge in [-0.15, -0.1) is 0 Å². The lowest BCUT2D eigenvalue weighted by Crippen LogP contribution is -2.22. The van der Waals surface area contributed by atoms with Crippen molar-refractivity contribution >= 4 is 16.6 Å². The number of para-hydroxylation sites is 1. The molecule has 0 bridgehead atoms. The van der Waals surface area contributed by atoms with Crippen molar-refractivity contribution in [3.05, 3.63) is 149 Å². The van der Waals surface area contributed by atoms with Crippen molar-refractivity contribution in [3.8, 4) is 28.6 Å². The van der Waals surface area contributed by atoms with Crippen LogP contribution in [0.1, 0.15) is 12.0 Å². The van der Waals surface area contributed by atoms with Gasteiger partial charge in [0.1, 0.15) is 11.3 Å². The maximum atomic E-state index is 6.56. The topological polar surface area (TPSA) is 27.1 Å². The number of hydrogen-bond acceptors (Lipinski definition) is 2. The minimum Gasteiger partial charge on any atom is -0.453 e. The minimum absolute atomic E-state index is 0.301. The standard InChI is InChI=1S/C35H22N2O/c1-2-7-23(8-3-1)35-36-28-13-6-14-30-34(28)37(35)29-18-17-24(20-31(29)38-30)27-19-25-11-4-9-21-15-16-22-10-5-12-26(27)33(22)32(21)25/h1-10,12-20,33H,11H2. The van der Waals surface area contributed by atoms with E-state index in [0.717, 1.165) is 46.0 Å². The van der Waals surface area contributed by atoms with Crippen LogP contribution in [0, 0.1) is 5.92 Å². The molecule has 0 N–H and O–H groups in total. The molecule has 0 amide bonds. The Morgan fingerprint density at radius 1 is 0.842 bits per heavy atom. The molecule has 4 aliphatic carbocycles. The third kappa shape index (κ3) is 2.65. The predicted octanol–water partition coefficient (Wildman–Crippen LogP) is 8.43. The fourth-order valence-electron chi connectivity index (χ4n) is 6.64. The molecule has 1 atom stereocenters. The van der Waals surface area contributed by atoms with Crippen LogP contribution in [0.5, 0.6) is 11.5 Å². The van der Waals surface area contributed by atoms with Gasteiger partial charge >= 0.3 is 0 Å². The van der Waals surface area contributed by atoms with Crippen LogP contribution < -0.4 is 4.74 Å². The fourth-order valence-corrected chi connectivity index (χ4v) is 6.64. The van der Waals surface area contributed by atoms with Gasteiger partial charge in [-0.25, -0.2) is 4.98 Å². The lowest BCUT2D eigenvalue weighted by atomic mass is 9.66. The van der Waals surface area contributed by atoms with Crippen molar-refractivity contribution < 1.29 is 4.74 Å². The molecule has 3 aromatic carbocycles. The van der Waals surface area contributed by atoms with Gasteiger partial charge in [-0.1, -0.05) is 91.1 Å². The molecule has 1 unspecified atom stereocenters. The summed E-state index contributed by atoms with van der Waals surface area (Å²) in [5, 5.41) is 0. The van der Waals surface area contributed by atoms with Gasteiger partial charge in [0.05, 0.1) is 11.2 Å². The largest absolute Gasteiger partial charge is 0.453 e. The van der Waals surface area contributed by atoms with E-state index in [1.807, 2.05) is 18.2 Å². The summed E-state index contributed by atoms with van der Waals surface area (Å²) in [7, 11) is 0. The number of rotatable bonds is 2. The molecular formula is C35H22N2O. The summed E-state index contributed by atoms with van der Waals surface area (Å²) >= 11 is 0. The lowest BCUT2D eigenvalue weighted by molar-refractivity contribution is 0.475. The van der Waals surface area contributed by atoms with E-state index in [-0.39, 0.29) is 0 Å². The van der Waals surface area contributed by atoms with E-state index in [1.54, 1.807) is 0 Å². The van der Waals surface area contributed by atoms with E-state index < -0.39 is 0 Å². The number of allylic oxidation sites excluding steroid dienone is 14. The molecule has 9 rings (SSSR count). The molecule has 1 aromatic heterocycles. The van der Waals surface area contributed by atoms with Gasteiger partial charge < -0.3 is 4.74 Å². The average Bonchev–Trinajstić information content (AvgIpc) is 3.37. The van der Waals surface area contributed by atoms with Gasteiger partial charge in [0.25, 0.3) is 0 Å². The minimum atomic E-state index is 0.301. The molecule has 0 saturated carbocycles. The molecule has 0 spiro atoms. The molecule has 4 aromatic rings. The van der Waals surface area contributed by atoms with E-state index in [1.165, 1.54) is 39.0 Å². The summed E-state index contributed by atoms with van der Waals surface area (Å²) in [4.78, 5) is 5.02. The van der Waals surface area contributed by atoms with Crippen LogP contribution in [0.4, 0.5) is 0 Å². The zero-order chi connectivity index (χ0) is 24.8. The molecule has 3 nitrogen and oxygen atoms in total. The summed E-state index contributed by atoms with van der Waals surface area (Å²) in [5.74, 6) is 2.93. The van der Waals surface area contributed by atoms with E-state index in [2.05, 4.69) is 102 Å². The zero-order valence-electron chi connectivity index (χ0n) is 20.6. The average molecular weight is 487 g/mol. The summed E-state index contributed by atoms with van der Waals surface area (Å²) in [6.45, 7) is 0. The number of ether oxygens (including phenoxy) is 1. The van der Waals surface area contributed by atoms with Crippen LogP contribution in [0.3, 0.4) is 0 Å². The van der Waals surface area contributed by atoms with E-state index in [9.17, 15) is 0 Å². The second-order valence-electron chi connectivity index (χ2n) is 10.4. The Hall–Kier alpha value is -4.89. The van der Waals surface area contributed by atoms with Gasteiger partial charge in [0.15, 0.2) is 11.5 Å². The van der Waals surface area contributed by atoms with Crippen molar-refractivity contribution in [1.29, 1.82) is 0 Å². The summed E-state index contributed by atoms with van der Waals surface area (Å²) in [6.07, 6.45) is 19.2. The van der Waals surface area contributed by atoms with Gasteiger partial charge in [-0.3, -0.25) is 4.57 Å². The Balaban J connectivity index is 1.24. The highest BCUT2D eigenvalue weighted by Gasteiger charge is 2.36. The van der Waals surface area contributed by atoms with Gasteiger partial charge in [-0.05, 0) is 69.7 Å². The van der Waals surface area contributed by atoms with Gasteiger partial charge in [0.2, 0.25) is 0 Å². The first-order chi connectivity index (χ1) is 18.8. The summed E-state index contributed by atoms with van der Waals surface area (Å²) in [5.41, 5.74) is 13.5. The molecule has 178 valence electrons. The number of hydrogen-bond donors (Lipinski definition) is 0. The number of imidazole rings is 1. The fraction of sp³-hybridized carbons (Fsp3) is 0.0571. The SMILES string of the molecule is C1=CC2=CC=C3C=CCC4=C3C2C(=C1)C(c1ccc2c(c1)Oc1cccc3nc(-c5ccccc5)n-2c13)=C4. The zero-order valence-corrected chi connectivity index (χ0v) is 20.6. The predicted molar refractivity (Wildman–Crippen MR) is 152 cm³/mol. The first kappa shape index (κ1) is 20.2. The first-order valence-corrected chi connectivity index (χ1v) is 13.2. The second kappa shape index (κ2) is 7.33. The number of fused-ring (bicyclic) bond motifs is 2.